The number of carboxylic acids is 1. The topological polar surface area (TPSA) is 64.4 Å². The minimum Gasteiger partial charge on any atom is -0.481 e. The molecule has 0 fully saturated rings. The Labute approximate surface area is 98.8 Å². The van der Waals surface area contributed by atoms with Gasteiger partial charge < -0.3 is 14.4 Å². The zero-order valence-electron chi connectivity index (χ0n) is 9.64. The molecule has 1 aromatic heterocycles. The highest BCUT2D eigenvalue weighted by Crippen LogP contribution is 2.18. The molecule has 0 aliphatic carbocycles. The van der Waals surface area contributed by atoms with Crippen molar-refractivity contribution in [3.63, 3.8) is 0 Å². The Morgan fingerprint density at radius 2 is 2.44 bits per heavy atom. The van der Waals surface area contributed by atoms with Gasteiger partial charge >= 0.3 is 5.97 Å². The van der Waals surface area contributed by atoms with Crippen LogP contribution < -0.4 is 0 Å². The third-order valence-corrected chi connectivity index (χ3v) is 3.16. The van der Waals surface area contributed by atoms with Crippen LogP contribution >= 0.6 is 11.8 Å². The maximum Gasteiger partial charge on any atom is 0.313 e. The number of rotatable bonds is 6. The lowest BCUT2D eigenvalue weighted by Crippen LogP contribution is -2.16. The number of imidazole rings is 1. The lowest BCUT2D eigenvalue weighted by molar-refractivity contribution is -0.133. The summed E-state index contributed by atoms with van der Waals surface area (Å²) in [5.41, 5.74) is 1.01. The molecule has 0 amide bonds. The van der Waals surface area contributed by atoms with Crippen LogP contribution in [0.3, 0.4) is 0 Å². The van der Waals surface area contributed by atoms with Crippen molar-refractivity contribution in [3.8, 4) is 0 Å². The first-order valence-corrected chi connectivity index (χ1v) is 5.92. The van der Waals surface area contributed by atoms with Crippen LogP contribution in [0.4, 0.5) is 0 Å². The van der Waals surface area contributed by atoms with Gasteiger partial charge in [0.15, 0.2) is 5.16 Å². The van der Waals surface area contributed by atoms with Gasteiger partial charge in [0.25, 0.3) is 0 Å². The van der Waals surface area contributed by atoms with E-state index in [-0.39, 0.29) is 11.9 Å². The number of aryl methyl sites for hydroxylation is 1. The number of hydrogen-bond acceptors (Lipinski definition) is 4. The van der Waals surface area contributed by atoms with E-state index in [1.54, 1.807) is 13.3 Å². The molecule has 16 heavy (non-hydrogen) atoms. The smallest absolute Gasteiger partial charge is 0.313 e. The summed E-state index contributed by atoms with van der Waals surface area (Å²) in [5.74, 6) is -0.811. The average Bonchev–Trinajstić information content (AvgIpc) is 2.57. The summed E-state index contributed by atoms with van der Waals surface area (Å²) in [7, 11) is 1.65. The fraction of sp³-hybridized carbons (Fsp3) is 0.600. The average molecular weight is 244 g/mol. The van der Waals surface area contributed by atoms with Crippen LogP contribution in [-0.4, -0.2) is 39.6 Å². The van der Waals surface area contributed by atoms with E-state index in [1.165, 1.54) is 11.8 Å². The number of ether oxygens (including phenoxy) is 1. The van der Waals surface area contributed by atoms with Crippen LogP contribution in [0.1, 0.15) is 12.6 Å². The third kappa shape index (κ3) is 3.53. The number of hydrogen-bond donors (Lipinski definition) is 1. The molecule has 1 atom stereocenters. The highest BCUT2D eigenvalue weighted by molar-refractivity contribution is 7.99. The fourth-order valence-corrected chi connectivity index (χ4v) is 1.99. The molecule has 5 nitrogen and oxygen atoms in total. The fourth-order valence-electron chi connectivity index (χ4n) is 1.23. The van der Waals surface area contributed by atoms with Crippen molar-refractivity contribution in [2.75, 3.05) is 12.9 Å². The molecule has 0 bridgehead atoms. The van der Waals surface area contributed by atoms with Gasteiger partial charge in [0.05, 0.1) is 18.4 Å². The van der Waals surface area contributed by atoms with Gasteiger partial charge in [-0.3, -0.25) is 4.79 Å². The number of carboxylic acid groups (broad SMARTS) is 1. The van der Waals surface area contributed by atoms with Gasteiger partial charge in [-0.1, -0.05) is 11.8 Å². The highest BCUT2D eigenvalue weighted by Gasteiger charge is 2.11. The Kier molecular flexibility index (Phi) is 4.82. The van der Waals surface area contributed by atoms with E-state index in [2.05, 4.69) is 4.98 Å². The Morgan fingerprint density at radius 3 is 3.00 bits per heavy atom. The minimum absolute atomic E-state index is 0.0256. The largest absolute Gasteiger partial charge is 0.481 e. The molecule has 1 N–H and O–H groups in total. The first kappa shape index (κ1) is 13.1. The number of nitrogens with zero attached hydrogens (tertiary/aromatic N) is 2. The molecule has 0 aromatic carbocycles. The summed E-state index contributed by atoms with van der Waals surface area (Å²) in [6.45, 7) is 4.59. The summed E-state index contributed by atoms with van der Waals surface area (Å²) < 4.78 is 7.16. The number of methoxy groups -OCH3 is 1. The van der Waals surface area contributed by atoms with Gasteiger partial charge in [-0.15, -0.1) is 0 Å². The molecule has 1 unspecified atom stereocenters. The van der Waals surface area contributed by atoms with E-state index in [1.807, 2.05) is 18.4 Å². The molecule has 0 saturated carbocycles. The molecule has 0 spiro atoms. The van der Waals surface area contributed by atoms with E-state index in [4.69, 9.17) is 9.84 Å². The lowest BCUT2D eigenvalue weighted by Gasteiger charge is -2.14. The number of aromatic nitrogens is 2. The van der Waals surface area contributed by atoms with Crippen molar-refractivity contribution in [1.82, 2.24) is 9.55 Å². The quantitative estimate of drug-likeness (QED) is 0.766. The van der Waals surface area contributed by atoms with Crippen molar-refractivity contribution in [2.24, 2.45) is 0 Å². The summed E-state index contributed by atoms with van der Waals surface area (Å²) in [4.78, 5) is 14.7. The van der Waals surface area contributed by atoms with E-state index in [0.29, 0.717) is 6.54 Å². The monoisotopic (exact) mass is 244 g/mol. The second kappa shape index (κ2) is 5.91. The number of thioether (sulfide) groups is 1. The highest BCUT2D eigenvalue weighted by atomic mass is 32.2. The van der Waals surface area contributed by atoms with Gasteiger partial charge in [-0.05, 0) is 13.8 Å². The SMILES string of the molecule is COC(C)Cn1c(C)cnc1SCC(=O)O. The molecule has 0 aliphatic heterocycles. The van der Waals surface area contributed by atoms with Gasteiger partial charge in [0, 0.05) is 19.0 Å². The molecule has 1 rings (SSSR count). The molecular weight excluding hydrogens is 228 g/mol. The molecular formula is C10H16N2O3S. The van der Waals surface area contributed by atoms with Crippen molar-refractivity contribution >= 4 is 17.7 Å². The van der Waals surface area contributed by atoms with E-state index in [0.717, 1.165) is 10.9 Å². The maximum atomic E-state index is 10.5. The van der Waals surface area contributed by atoms with Gasteiger partial charge in [0.2, 0.25) is 0 Å². The number of carbonyl (C=O) groups is 1. The molecule has 1 aromatic rings. The summed E-state index contributed by atoms with van der Waals surface area (Å²) >= 11 is 1.23. The van der Waals surface area contributed by atoms with Crippen LogP contribution in [0.5, 0.6) is 0 Å². The Hall–Kier alpha value is -1.01. The van der Waals surface area contributed by atoms with Crippen molar-refractivity contribution in [3.05, 3.63) is 11.9 Å². The van der Waals surface area contributed by atoms with Gasteiger partial charge in [-0.25, -0.2) is 4.98 Å². The van der Waals surface area contributed by atoms with Crippen LogP contribution in [0.25, 0.3) is 0 Å². The van der Waals surface area contributed by atoms with Crippen LogP contribution in [0.15, 0.2) is 11.4 Å². The van der Waals surface area contributed by atoms with E-state index in [9.17, 15) is 4.79 Å². The van der Waals surface area contributed by atoms with Gasteiger partial charge in [-0.2, -0.15) is 0 Å². The molecule has 0 radical (unpaired) electrons. The standard InChI is InChI=1S/C10H16N2O3S/c1-7-4-11-10(16-6-9(13)14)12(7)5-8(2)15-3/h4,8H,5-6H2,1-3H3,(H,13,14). The summed E-state index contributed by atoms with van der Waals surface area (Å²) in [6.07, 6.45) is 1.82. The second-order valence-electron chi connectivity index (χ2n) is 3.52. The maximum absolute atomic E-state index is 10.5. The summed E-state index contributed by atoms with van der Waals surface area (Å²) in [5, 5.41) is 9.34. The van der Waals surface area contributed by atoms with E-state index >= 15 is 0 Å². The first-order valence-electron chi connectivity index (χ1n) is 4.94. The molecule has 1 heterocycles. The normalized spacial score (nSPS) is 12.7. The zero-order chi connectivity index (χ0) is 12.1. The van der Waals surface area contributed by atoms with E-state index < -0.39 is 5.97 Å². The predicted molar refractivity (Wildman–Crippen MR) is 61.8 cm³/mol. The number of aliphatic carboxylic acids is 1. The second-order valence-corrected chi connectivity index (χ2v) is 4.46. The Balaban J connectivity index is 2.73. The molecule has 90 valence electrons. The van der Waals surface area contributed by atoms with Crippen molar-refractivity contribution in [1.29, 1.82) is 0 Å². The third-order valence-electron chi connectivity index (χ3n) is 2.19. The molecule has 6 heteroatoms. The molecule has 0 saturated heterocycles. The van der Waals surface area contributed by atoms with Crippen molar-refractivity contribution < 1.29 is 14.6 Å². The Morgan fingerprint density at radius 1 is 1.75 bits per heavy atom. The lowest BCUT2D eigenvalue weighted by atomic mass is 10.4. The molecule has 0 aliphatic rings. The van der Waals surface area contributed by atoms with Crippen LogP contribution in [0, 0.1) is 6.92 Å². The van der Waals surface area contributed by atoms with Crippen LogP contribution in [-0.2, 0) is 16.1 Å². The predicted octanol–water partition coefficient (Wildman–Crippen LogP) is 1.40. The Bertz CT molecular complexity index is 365. The summed E-state index contributed by atoms with van der Waals surface area (Å²) in [6, 6.07) is 0. The van der Waals surface area contributed by atoms with Crippen molar-refractivity contribution in [2.45, 2.75) is 31.7 Å². The first-order chi connectivity index (χ1) is 7.54. The van der Waals surface area contributed by atoms with Gasteiger partial charge in [0.1, 0.15) is 0 Å². The van der Waals surface area contributed by atoms with Crippen LogP contribution in [0.2, 0.25) is 0 Å². The minimum atomic E-state index is -0.836. The zero-order valence-corrected chi connectivity index (χ0v) is 10.5.